The summed E-state index contributed by atoms with van der Waals surface area (Å²) in [7, 11) is 0. The average molecular weight is 314 g/mol. The molecular formula is C18H19FN2O2. The first-order valence-electron chi connectivity index (χ1n) is 7.33. The second kappa shape index (κ2) is 7.54. The molecule has 2 amide bonds. The van der Waals surface area contributed by atoms with Gasteiger partial charge >= 0.3 is 0 Å². The van der Waals surface area contributed by atoms with E-state index in [1.807, 2.05) is 32.0 Å². The number of carbonyl (C=O) groups is 2. The molecule has 0 aliphatic carbocycles. The maximum atomic E-state index is 13.5. The second-order valence-corrected chi connectivity index (χ2v) is 5.41. The van der Waals surface area contributed by atoms with Crippen molar-refractivity contribution in [2.75, 3.05) is 11.9 Å². The molecule has 0 aromatic heterocycles. The van der Waals surface area contributed by atoms with Crippen LogP contribution in [-0.2, 0) is 16.0 Å². The van der Waals surface area contributed by atoms with Gasteiger partial charge in [0.05, 0.1) is 13.0 Å². The van der Waals surface area contributed by atoms with Crippen LogP contribution in [0.15, 0.2) is 42.5 Å². The van der Waals surface area contributed by atoms with E-state index in [0.29, 0.717) is 5.56 Å². The first-order chi connectivity index (χ1) is 11.0. The molecule has 5 heteroatoms. The number of nitrogens with one attached hydrogen (secondary N) is 2. The van der Waals surface area contributed by atoms with Gasteiger partial charge in [0.15, 0.2) is 0 Å². The van der Waals surface area contributed by atoms with Crippen molar-refractivity contribution in [1.82, 2.24) is 5.32 Å². The molecule has 0 atom stereocenters. The van der Waals surface area contributed by atoms with Gasteiger partial charge in [-0.15, -0.1) is 0 Å². The fourth-order valence-electron chi connectivity index (χ4n) is 2.12. The van der Waals surface area contributed by atoms with Gasteiger partial charge in [0.2, 0.25) is 11.8 Å². The van der Waals surface area contributed by atoms with E-state index in [0.717, 1.165) is 16.8 Å². The van der Waals surface area contributed by atoms with Crippen LogP contribution in [0.25, 0.3) is 0 Å². The van der Waals surface area contributed by atoms with Crippen LogP contribution in [0.4, 0.5) is 10.1 Å². The van der Waals surface area contributed by atoms with Gasteiger partial charge in [0.25, 0.3) is 0 Å². The first-order valence-corrected chi connectivity index (χ1v) is 7.33. The van der Waals surface area contributed by atoms with Crippen molar-refractivity contribution in [2.45, 2.75) is 20.3 Å². The number of halogens is 1. The predicted molar refractivity (Wildman–Crippen MR) is 87.7 cm³/mol. The van der Waals surface area contributed by atoms with Crippen molar-refractivity contribution in [1.29, 1.82) is 0 Å². The van der Waals surface area contributed by atoms with E-state index >= 15 is 0 Å². The Balaban J connectivity index is 1.85. The molecule has 0 aliphatic heterocycles. The number of benzene rings is 2. The highest BCUT2D eigenvalue weighted by molar-refractivity contribution is 5.95. The number of hydrogen-bond donors (Lipinski definition) is 2. The van der Waals surface area contributed by atoms with Gasteiger partial charge in [-0.1, -0.05) is 30.3 Å². The minimum absolute atomic E-state index is 0.0938. The molecule has 120 valence electrons. The molecule has 4 nitrogen and oxygen atoms in total. The van der Waals surface area contributed by atoms with Gasteiger partial charge in [-0.3, -0.25) is 9.59 Å². The number of amides is 2. The first kappa shape index (κ1) is 16.7. The fourth-order valence-corrected chi connectivity index (χ4v) is 2.12. The van der Waals surface area contributed by atoms with Crippen LogP contribution in [0, 0.1) is 19.7 Å². The Morgan fingerprint density at radius 3 is 2.52 bits per heavy atom. The number of aryl methyl sites for hydroxylation is 2. The van der Waals surface area contributed by atoms with Gasteiger partial charge in [-0.05, 0) is 42.7 Å². The maximum absolute atomic E-state index is 13.5. The molecule has 0 aliphatic rings. The SMILES string of the molecule is Cc1ccc(C)c(NC(=O)CNC(=O)Cc2ccccc2F)c1. The van der Waals surface area contributed by atoms with E-state index < -0.39 is 11.7 Å². The summed E-state index contributed by atoms with van der Waals surface area (Å²) in [6.45, 7) is 3.68. The van der Waals surface area contributed by atoms with E-state index in [2.05, 4.69) is 10.6 Å². The largest absolute Gasteiger partial charge is 0.347 e. The van der Waals surface area contributed by atoms with Crippen LogP contribution in [0.5, 0.6) is 0 Å². The van der Waals surface area contributed by atoms with E-state index in [9.17, 15) is 14.0 Å². The summed E-state index contributed by atoms with van der Waals surface area (Å²) < 4.78 is 13.5. The molecule has 0 fully saturated rings. The third kappa shape index (κ3) is 4.92. The molecular weight excluding hydrogens is 295 g/mol. The second-order valence-electron chi connectivity index (χ2n) is 5.41. The average Bonchev–Trinajstić information content (AvgIpc) is 2.51. The van der Waals surface area contributed by atoms with Crippen LogP contribution < -0.4 is 10.6 Å². The van der Waals surface area contributed by atoms with Crippen LogP contribution in [0.2, 0.25) is 0 Å². The van der Waals surface area contributed by atoms with Crippen molar-refractivity contribution in [3.63, 3.8) is 0 Å². The summed E-state index contributed by atoms with van der Waals surface area (Å²) in [6.07, 6.45) is -0.0938. The molecule has 0 spiro atoms. The monoisotopic (exact) mass is 314 g/mol. The summed E-state index contributed by atoms with van der Waals surface area (Å²) in [6, 6.07) is 11.8. The minimum atomic E-state index is -0.428. The van der Waals surface area contributed by atoms with Crippen molar-refractivity contribution < 1.29 is 14.0 Å². The van der Waals surface area contributed by atoms with Crippen molar-refractivity contribution in [3.8, 4) is 0 Å². The lowest BCUT2D eigenvalue weighted by Gasteiger charge is -2.10. The van der Waals surface area contributed by atoms with Crippen LogP contribution >= 0.6 is 0 Å². The quantitative estimate of drug-likeness (QED) is 0.891. The third-order valence-corrected chi connectivity index (χ3v) is 3.42. The van der Waals surface area contributed by atoms with E-state index in [4.69, 9.17) is 0 Å². The molecule has 0 bridgehead atoms. The zero-order valence-electron chi connectivity index (χ0n) is 13.2. The Bertz CT molecular complexity index is 729. The molecule has 0 unspecified atom stereocenters. The van der Waals surface area contributed by atoms with Gasteiger partial charge in [-0.2, -0.15) is 0 Å². The van der Waals surface area contributed by atoms with Gasteiger partial charge in [0, 0.05) is 5.69 Å². The van der Waals surface area contributed by atoms with E-state index in [-0.39, 0.29) is 18.9 Å². The lowest BCUT2D eigenvalue weighted by molar-refractivity contribution is -0.123. The molecule has 0 saturated heterocycles. The molecule has 0 radical (unpaired) electrons. The smallest absolute Gasteiger partial charge is 0.243 e. The molecule has 2 N–H and O–H groups in total. The van der Waals surface area contributed by atoms with Crippen LogP contribution in [-0.4, -0.2) is 18.4 Å². The summed E-state index contributed by atoms with van der Waals surface area (Å²) in [5.41, 5.74) is 3.01. The normalized spacial score (nSPS) is 10.2. The zero-order chi connectivity index (χ0) is 16.8. The molecule has 2 aromatic carbocycles. The van der Waals surface area contributed by atoms with Gasteiger partial charge < -0.3 is 10.6 Å². The highest BCUT2D eigenvalue weighted by Crippen LogP contribution is 2.16. The Morgan fingerprint density at radius 2 is 1.78 bits per heavy atom. The summed E-state index contributed by atoms with van der Waals surface area (Å²) in [5, 5.41) is 5.25. The highest BCUT2D eigenvalue weighted by Gasteiger charge is 2.10. The molecule has 2 aromatic rings. The Kier molecular flexibility index (Phi) is 5.46. The summed E-state index contributed by atoms with van der Waals surface area (Å²) in [5.74, 6) is -1.14. The number of anilines is 1. The van der Waals surface area contributed by atoms with Gasteiger partial charge in [0.1, 0.15) is 5.82 Å². The number of carbonyl (C=O) groups excluding carboxylic acids is 2. The number of rotatable bonds is 5. The number of hydrogen-bond acceptors (Lipinski definition) is 2. The Labute approximate surface area is 134 Å². The fraction of sp³-hybridized carbons (Fsp3) is 0.222. The zero-order valence-corrected chi connectivity index (χ0v) is 13.2. The van der Waals surface area contributed by atoms with Gasteiger partial charge in [-0.25, -0.2) is 4.39 Å². The van der Waals surface area contributed by atoms with Crippen molar-refractivity contribution >= 4 is 17.5 Å². The molecule has 0 heterocycles. The Hall–Kier alpha value is -2.69. The van der Waals surface area contributed by atoms with E-state index in [1.165, 1.54) is 6.07 Å². The van der Waals surface area contributed by atoms with Crippen LogP contribution in [0.3, 0.4) is 0 Å². The van der Waals surface area contributed by atoms with Crippen molar-refractivity contribution in [2.24, 2.45) is 0 Å². The summed E-state index contributed by atoms with van der Waals surface area (Å²) in [4.78, 5) is 23.7. The Morgan fingerprint density at radius 1 is 1.04 bits per heavy atom. The maximum Gasteiger partial charge on any atom is 0.243 e. The van der Waals surface area contributed by atoms with E-state index in [1.54, 1.807) is 18.2 Å². The minimum Gasteiger partial charge on any atom is -0.347 e. The predicted octanol–water partition coefficient (Wildman–Crippen LogP) is 2.74. The molecule has 2 rings (SSSR count). The third-order valence-electron chi connectivity index (χ3n) is 3.42. The molecule has 0 saturated carbocycles. The highest BCUT2D eigenvalue weighted by atomic mass is 19.1. The lowest BCUT2D eigenvalue weighted by atomic mass is 10.1. The topological polar surface area (TPSA) is 58.2 Å². The van der Waals surface area contributed by atoms with Crippen LogP contribution in [0.1, 0.15) is 16.7 Å². The van der Waals surface area contributed by atoms with Crippen molar-refractivity contribution in [3.05, 3.63) is 65.0 Å². The summed E-state index contributed by atoms with van der Waals surface area (Å²) >= 11 is 0. The lowest BCUT2D eigenvalue weighted by Crippen LogP contribution is -2.34. The molecule has 23 heavy (non-hydrogen) atoms. The standard InChI is InChI=1S/C18H19FN2O2/c1-12-7-8-13(2)16(9-12)21-18(23)11-20-17(22)10-14-5-3-4-6-15(14)19/h3-9H,10-11H2,1-2H3,(H,20,22)(H,21,23).